The quantitative estimate of drug-likeness (QED) is 0.607. The van der Waals surface area contributed by atoms with Crippen LogP contribution < -0.4 is 5.32 Å². The van der Waals surface area contributed by atoms with Gasteiger partial charge in [-0.1, -0.05) is 6.92 Å². The summed E-state index contributed by atoms with van der Waals surface area (Å²) in [6, 6.07) is 2.76. The van der Waals surface area contributed by atoms with Crippen molar-refractivity contribution in [3.05, 3.63) is 19.9 Å². The van der Waals surface area contributed by atoms with Crippen LogP contribution in [0.15, 0.2) is 11.4 Å². The van der Waals surface area contributed by atoms with Gasteiger partial charge in [-0.05, 0) is 59.0 Å². The van der Waals surface area contributed by atoms with E-state index in [0.29, 0.717) is 6.04 Å². The number of thiophene rings is 1. The molecule has 1 atom stereocenters. The molecule has 15 heavy (non-hydrogen) atoms. The Morgan fingerprint density at radius 1 is 1.60 bits per heavy atom. The molecule has 0 aromatic carbocycles. The third kappa shape index (κ3) is 4.80. The normalized spacial score (nSPS) is 13.0. The second kappa shape index (κ2) is 7.60. The van der Waals surface area contributed by atoms with Crippen molar-refractivity contribution in [2.45, 2.75) is 25.8 Å². The lowest BCUT2D eigenvalue weighted by Gasteiger charge is -2.16. The molecular weight excluding hydrogens is 321 g/mol. The van der Waals surface area contributed by atoms with Gasteiger partial charge in [0.15, 0.2) is 0 Å². The van der Waals surface area contributed by atoms with Gasteiger partial charge in [0.05, 0.1) is 2.88 Å². The van der Waals surface area contributed by atoms with Gasteiger partial charge in [0.1, 0.15) is 0 Å². The van der Waals surface area contributed by atoms with Crippen molar-refractivity contribution in [1.82, 2.24) is 5.32 Å². The van der Waals surface area contributed by atoms with E-state index in [0.717, 1.165) is 26.0 Å². The molecule has 0 aliphatic heterocycles. The predicted molar refractivity (Wildman–Crippen MR) is 74.6 cm³/mol. The molecule has 86 valence electrons. The highest BCUT2D eigenvalue weighted by Gasteiger charge is 2.11. The van der Waals surface area contributed by atoms with E-state index in [4.69, 9.17) is 4.74 Å². The fourth-order valence-corrected chi connectivity index (χ4v) is 3.00. The fraction of sp³-hybridized carbons (Fsp3) is 0.636. The van der Waals surface area contributed by atoms with Crippen molar-refractivity contribution >= 4 is 33.9 Å². The number of rotatable bonds is 7. The number of ether oxygens (including phenoxy) is 1. The van der Waals surface area contributed by atoms with E-state index in [9.17, 15) is 0 Å². The summed E-state index contributed by atoms with van der Waals surface area (Å²) in [5.74, 6) is 0. The third-order valence-electron chi connectivity index (χ3n) is 2.28. The first-order valence-corrected chi connectivity index (χ1v) is 7.20. The summed E-state index contributed by atoms with van der Waals surface area (Å²) in [6.45, 7) is 4.02. The largest absolute Gasteiger partial charge is 0.385 e. The van der Waals surface area contributed by atoms with Crippen molar-refractivity contribution in [2.24, 2.45) is 0 Å². The molecule has 1 unspecified atom stereocenters. The molecule has 0 aliphatic rings. The van der Waals surface area contributed by atoms with E-state index in [1.54, 1.807) is 7.11 Å². The molecule has 4 heteroatoms. The van der Waals surface area contributed by atoms with Crippen LogP contribution in [0.5, 0.6) is 0 Å². The SMILES string of the molecule is CCNC(CCCOC)c1csc(I)c1. The molecule has 1 heterocycles. The van der Waals surface area contributed by atoms with E-state index in [-0.39, 0.29) is 0 Å². The highest BCUT2D eigenvalue weighted by Crippen LogP contribution is 2.25. The van der Waals surface area contributed by atoms with Gasteiger partial charge >= 0.3 is 0 Å². The van der Waals surface area contributed by atoms with Crippen LogP contribution in [0.25, 0.3) is 0 Å². The van der Waals surface area contributed by atoms with Gasteiger partial charge in [-0.2, -0.15) is 0 Å². The molecule has 2 nitrogen and oxygen atoms in total. The minimum Gasteiger partial charge on any atom is -0.385 e. The topological polar surface area (TPSA) is 21.3 Å². The maximum atomic E-state index is 5.08. The lowest BCUT2D eigenvalue weighted by atomic mass is 10.1. The summed E-state index contributed by atoms with van der Waals surface area (Å²) >= 11 is 4.19. The number of methoxy groups -OCH3 is 1. The molecule has 1 aromatic heterocycles. The average molecular weight is 339 g/mol. The molecular formula is C11H18INOS. The van der Waals surface area contributed by atoms with E-state index < -0.39 is 0 Å². The summed E-state index contributed by atoms with van der Waals surface area (Å²) in [5.41, 5.74) is 1.42. The predicted octanol–water partition coefficient (Wildman–Crippen LogP) is 3.43. The lowest BCUT2D eigenvalue weighted by Crippen LogP contribution is -2.20. The highest BCUT2D eigenvalue weighted by molar-refractivity contribution is 14.1. The van der Waals surface area contributed by atoms with Gasteiger partial charge in [-0.3, -0.25) is 0 Å². The van der Waals surface area contributed by atoms with Crippen LogP contribution in [0.3, 0.4) is 0 Å². The zero-order valence-electron chi connectivity index (χ0n) is 9.25. The van der Waals surface area contributed by atoms with E-state index >= 15 is 0 Å². The van der Waals surface area contributed by atoms with Gasteiger partial charge in [-0.15, -0.1) is 11.3 Å². The molecule has 1 N–H and O–H groups in total. The summed E-state index contributed by atoms with van der Waals surface area (Å²) < 4.78 is 6.44. The monoisotopic (exact) mass is 339 g/mol. The molecule has 1 aromatic rings. The first-order chi connectivity index (χ1) is 7.27. The van der Waals surface area contributed by atoms with Crippen LogP contribution in [0.4, 0.5) is 0 Å². The van der Waals surface area contributed by atoms with Gasteiger partial charge < -0.3 is 10.1 Å². The minimum atomic E-state index is 0.491. The highest BCUT2D eigenvalue weighted by atomic mass is 127. The molecule has 0 saturated heterocycles. The van der Waals surface area contributed by atoms with Gasteiger partial charge in [-0.25, -0.2) is 0 Å². The number of nitrogens with one attached hydrogen (secondary N) is 1. The van der Waals surface area contributed by atoms with Crippen LogP contribution in [0, 0.1) is 2.88 Å². The second-order valence-electron chi connectivity index (χ2n) is 3.43. The summed E-state index contributed by atoms with van der Waals surface area (Å²) in [4.78, 5) is 0. The van der Waals surface area contributed by atoms with Crippen LogP contribution in [-0.2, 0) is 4.74 Å². The molecule has 1 rings (SSSR count). The number of halogens is 1. The Kier molecular flexibility index (Phi) is 6.79. The number of hydrogen-bond acceptors (Lipinski definition) is 3. The Labute approximate surface area is 110 Å². The van der Waals surface area contributed by atoms with Gasteiger partial charge in [0.2, 0.25) is 0 Å². The smallest absolute Gasteiger partial charge is 0.0656 e. The summed E-state index contributed by atoms with van der Waals surface area (Å²) in [5, 5.41) is 5.77. The molecule has 0 fully saturated rings. The molecule has 0 amide bonds. The Morgan fingerprint density at radius 3 is 2.93 bits per heavy atom. The molecule has 0 aliphatic carbocycles. The first-order valence-electron chi connectivity index (χ1n) is 5.24. The fourth-order valence-electron chi connectivity index (χ4n) is 1.57. The summed E-state index contributed by atoms with van der Waals surface area (Å²) in [7, 11) is 1.76. The maximum absolute atomic E-state index is 5.08. The Morgan fingerprint density at radius 2 is 2.40 bits per heavy atom. The van der Waals surface area contributed by atoms with Crippen LogP contribution in [0.2, 0.25) is 0 Å². The Bertz CT molecular complexity index is 277. The standard InChI is InChI=1S/C11H18INOS/c1-3-13-10(5-4-6-14-2)9-7-11(12)15-8-9/h7-8,10,13H,3-6H2,1-2H3. The zero-order chi connectivity index (χ0) is 11.1. The molecule has 0 bridgehead atoms. The van der Waals surface area contributed by atoms with E-state index in [2.05, 4.69) is 46.3 Å². The minimum absolute atomic E-state index is 0.491. The second-order valence-corrected chi connectivity index (χ2v) is 6.23. The lowest BCUT2D eigenvalue weighted by molar-refractivity contribution is 0.189. The van der Waals surface area contributed by atoms with Crippen LogP contribution in [-0.4, -0.2) is 20.3 Å². The van der Waals surface area contributed by atoms with Crippen molar-refractivity contribution < 1.29 is 4.74 Å². The van der Waals surface area contributed by atoms with Crippen LogP contribution >= 0.6 is 33.9 Å². The van der Waals surface area contributed by atoms with E-state index in [1.165, 1.54) is 8.45 Å². The Hall–Kier alpha value is 0.350. The van der Waals surface area contributed by atoms with E-state index in [1.807, 2.05) is 11.3 Å². The van der Waals surface area contributed by atoms with Gasteiger partial charge in [0.25, 0.3) is 0 Å². The van der Waals surface area contributed by atoms with Crippen molar-refractivity contribution in [2.75, 3.05) is 20.3 Å². The molecule has 0 radical (unpaired) electrons. The Balaban J connectivity index is 2.49. The number of hydrogen-bond donors (Lipinski definition) is 1. The van der Waals surface area contributed by atoms with Gasteiger partial charge in [0, 0.05) is 19.8 Å². The molecule has 0 saturated carbocycles. The van der Waals surface area contributed by atoms with Crippen molar-refractivity contribution in [1.29, 1.82) is 0 Å². The molecule has 0 spiro atoms. The third-order valence-corrected chi connectivity index (χ3v) is 4.09. The first kappa shape index (κ1) is 13.4. The van der Waals surface area contributed by atoms with Crippen molar-refractivity contribution in [3.8, 4) is 0 Å². The maximum Gasteiger partial charge on any atom is 0.0656 e. The van der Waals surface area contributed by atoms with Crippen LogP contribution in [0.1, 0.15) is 31.4 Å². The summed E-state index contributed by atoms with van der Waals surface area (Å²) in [6.07, 6.45) is 2.26. The average Bonchev–Trinajstić information content (AvgIpc) is 2.64. The van der Waals surface area contributed by atoms with Crippen molar-refractivity contribution in [3.63, 3.8) is 0 Å². The zero-order valence-corrected chi connectivity index (χ0v) is 12.2.